The Morgan fingerprint density at radius 1 is 1.38 bits per heavy atom. The Kier molecular flexibility index (Phi) is 5.79. The monoisotopic (exact) mass is 293 g/mol. The van der Waals surface area contributed by atoms with Crippen molar-refractivity contribution in [2.75, 3.05) is 32.7 Å². The molecule has 1 aromatic rings. The average molecular weight is 293 g/mol. The van der Waals surface area contributed by atoms with Crippen molar-refractivity contribution >= 4 is 0 Å². The Morgan fingerprint density at radius 2 is 2.10 bits per heavy atom. The highest BCUT2D eigenvalue weighted by Gasteiger charge is 2.32. The van der Waals surface area contributed by atoms with Gasteiger partial charge in [-0.05, 0) is 33.4 Å². The maximum atomic E-state index is 6.10. The molecule has 1 fully saturated rings. The van der Waals surface area contributed by atoms with E-state index in [0.717, 1.165) is 26.2 Å². The van der Waals surface area contributed by atoms with Gasteiger partial charge < -0.3 is 10.3 Å². The van der Waals surface area contributed by atoms with Crippen molar-refractivity contribution in [1.82, 2.24) is 19.4 Å². The Labute approximate surface area is 129 Å². The summed E-state index contributed by atoms with van der Waals surface area (Å²) in [5, 5.41) is 0. The van der Waals surface area contributed by atoms with E-state index in [1.165, 1.54) is 12.1 Å². The highest BCUT2D eigenvalue weighted by atomic mass is 15.3. The molecule has 1 aliphatic rings. The lowest BCUT2D eigenvalue weighted by molar-refractivity contribution is 0.185. The van der Waals surface area contributed by atoms with Gasteiger partial charge >= 0.3 is 0 Å². The van der Waals surface area contributed by atoms with Gasteiger partial charge in [-0.15, -0.1) is 0 Å². The minimum atomic E-state index is 0.287. The minimum absolute atomic E-state index is 0.287. The summed E-state index contributed by atoms with van der Waals surface area (Å²) in [6.45, 7) is 14.1. The van der Waals surface area contributed by atoms with Gasteiger partial charge in [-0.3, -0.25) is 9.80 Å². The van der Waals surface area contributed by atoms with Crippen LogP contribution in [-0.2, 0) is 0 Å². The number of aromatic nitrogens is 2. The molecule has 1 aromatic heterocycles. The SMILES string of the molecule is CCN(CC)C1CCN(C(CN)c2cncn2C(C)C)C1. The second-order valence-electron chi connectivity index (χ2n) is 6.23. The maximum absolute atomic E-state index is 6.10. The highest BCUT2D eigenvalue weighted by molar-refractivity contribution is 5.09. The Bertz CT molecular complexity index is 424. The van der Waals surface area contributed by atoms with Crippen molar-refractivity contribution in [3.05, 3.63) is 18.2 Å². The number of nitrogens with zero attached hydrogens (tertiary/aromatic N) is 4. The van der Waals surface area contributed by atoms with Crippen molar-refractivity contribution in [3.63, 3.8) is 0 Å². The maximum Gasteiger partial charge on any atom is 0.0951 e. The van der Waals surface area contributed by atoms with Gasteiger partial charge in [0.05, 0.1) is 18.1 Å². The molecule has 0 bridgehead atoms. The molecule has 0 radical (unpaired) electrons. The van der Waals surface area contributed by atoms with Crippen LogP contribution in [0.5, 0.6) is 0 Å². The molecule has 0 saturated carbocycles. The standard InChI is InChI=1S/C16H31N5/c1-5-19(6-2)14-7-8-20(11-14)15(9-17)16-10-18-12-21(16)13(3)4/h10,12-15H,5-9,11,17H2,1-4H3. The smallest absolute Gasteiger partial charge is 0.0951 e. The first-order valence-electron chi connectivity index (χ1n) is 8.32. The van der Waals surface area contributed by atoms with E-state index in [1.807, 2.05) is 12.5 Å². The lowest BCUT2D eigenvalue weighted by Crippen LogP contribution is -2.39. The molecule has 1 aliphatic heterocycles. The van der Waals surface area contributed by atoms with Crippen LogP contribution in [0, 0.1) is 0 Å². The zero-order chi connectivity index (χ0) is 15.4. The summed E-state index contributed by atoms with van der Waals surface area (Å²) in [5.41, 5.74) is 7.36. The van der Waals surface area contributed by atoms with Crippen molar-refractivity contribution in [2.24, 2.45) is 5.73 Å². The summed E-state index contributed by atoms with van der Waals surface area (Å²) in [4.78, 5) is 9.44. The summed E-state index contributed by atoms with van der Waals surface area (Å²) in [7, 11) is 0. The second kappa shape index (κ2) is 7.38. The first-order chi connectivity index (χ1) is 10.1. The summed E-state index contributed by atoms with van der Waals surface area (Å²) in [6.07, 6.45) is 5.16. The first kappa shape index (κ1) is 16.5. The molecule has 0 amide bonds. The van der Waals surface area contributed by atoms with E-state index in [2.05, 4.69) is 47.0 Å². The van der Waals surface area contributed by atoms with Gasteiger partial charge in [0.1, 0.15) is 0 Å². The molecular formula is C16H31N5. The third kappa shape index (κ3) is 3.47. The molecule has 2 rings (SSSR count). The predicted octanol–water partition coefficient (Wildman–Crippen LogP) is 1.88. The predicted molar refractivity (Wildman–Crippen MR) is 87.3 cm³/mol. The Morgan fingerprint density at radius 3 is 2.67 bits per heavy atom. The van der Waals surface area contributed by atoms with E-state index in [4.69, 9.17) is 5.73 Å². The number of rotatable bonds is 7. The van der Waals surface area contributed by atoms with Crippen molar-refractivity contribution in [3.8, 4) is 0 Å². The van der Waals surface area contributed by atoms with Crippen LogP contribution >= 0.6 is 0 Å². The van der Waals surface area contributed by atoms with Gasteiger partial charge in [-0.2, -0.15) is 0 Å². The summed E-state index contributed by atoms with van der Waals surface area (Å²) in [6, 6.07) is 1.39. The molecule has 0 aromatic carbocycles. The summed E-state index contributed by atoms with van der Waals surface area (Å²) in [5.74, 6) is 0. The molecule has 2 unspecified atom stereocenters. The lowest BCUT2D eigenvalue weighted by Gasteiger charge is -2.30. The topological polar surface area (TPSA) is 50.3 Å². The zero-order valence-electron chi connectivity index (χ0n) is 14.0. The molecule has 2 heterocycles. The van der Waals surface area contributed by atoms with E-state index < -0.39 is 0 Å². The molecule has 0 spiro atoms. The number of likely N-dealkylation sites (N-methyl/N-ethyl adjacent to an activating group) is 1. The number of hydrogen-bond donors (Lipinski definition) is 1. The molecule has 1 saturated heterocycles. The fourth-order valence-electron chi connectivity index (χ4n) is 3.55. The van der Waals surface area contributed by atoms with Crippen molar-refractivity contribution in [2.45, 2.75) is 52.2 Å². The molecular weight excluding hydrogens is 262 g/mol. The average Bonchev–Trinajstić information content (AvgIpc) is 3.11. The van der Waals surface area contributed by atoms with Crippen LogP contribution in [0.25, 0.3) is 0 Å². The van der Waals surface area contributed by atoms with Gasteiger partial charge in [0, 0.05) is 37.9 Å². The molecule has 2 atom stereocenters. The van der Waals surface area contributed by atoms with Crippen LogP contribution in [0.2, 0.25) is 0 Å². The summed E-state index contributed by atoms with van der Waals surface area (Å²) < 4.78 is 2.25. The van der Waals surface area contributed by atoms with Gasteiger partial charge in [-0.1, -0.05) is 13.8 Å². The second-order valence-corrected chi connectivity index (χ2v) is 6.23. The lowest BCUT2D eigenvalue weighted by atomic mass is 10.1. The van der Waals surface area contributed by atoms with Crippen LogP contribution in [0.4, 0.5) is 0 Å². The molecule has 2 N–H and O–H groups in total. The number of nitrogens with two attached hydrogens (primary N) is 1. The van der Waals surface area contributed by atoms with E-state index in [1.54, 1.807) is 0 Å². The third-order valence-corrected chi connectivity index (χ3v) is 4.78. The molecule has 21 heavy (non-hydrogen) atoms. The molecule has 0 aliphatic carbocycles. The summed E-state index contributed by atoms with van der Waals surface area (Å²) >= 11 is 0. The zero-order valence-corrected chi connectivity index (χ0v) is 14.0. The van der Waals surface area contributed by atoms with Crippen LogP contribution in [0.15, 0.2) is 12.5 Å². The fourth-order valence-corrected chi connectivity index (χ4v) is 3.55. The van der Waals surface area contributed by atoms with Crippen LogP contribution < -0.4 is 5.73 Å². The van der Waals surface area contributed by atoms with Gasteiger partial charge in [0.2, 0.25) is 0 Å². The molecule has 5 heteroatoms. The Balaban J connectivity index is 2.10. The van der Waals surface area contributed by atoms with E-state index >= 15 is 0 Å². The largest absolute Gasteiger partial charge is 0.331 e. The van der Waals surface area contributed by atoms with Crippen LogP contribution in [-0.4, -0.2) is 58.1 Å². The van der Waals surface area contributed by atoms with Crippen molar-refractivity contribution < 1.29 is 0 Å². The Hall–Kier alpha value is -0.910. The van der Waals surface area contributed by atoms with Crippen LogP contribution in [0.3, 0.4) is 0 Å². The van der Waals surface area contributed by atoms with Gasteiger partial charge in [-0.25, -0.2) is 4.98 Å². The highest BCUT2D eigenvalue weighted by Crippen LogP contribution is 2.27. The normalized spacial score (nSPS) is 21.6. The number of hydrogen-bond acceptors (Lipinski definition) is 4. The van der Waals surface area contributed by atoms with Crippen molar-refractivity contribution in [1.29, 1.82) is 0 Å². The quantitative estimate of drug-likeness (QED) is 0.834. The molecule has 5 nitrogen and oxygen atoms in total. The minimum Gasteiger partial charge on any atom is -0.331 e. The fraction of sp³-hybridized carbons (Fsp3) is 0.812. The number of likely N-dealkylation sites (tertiary alicyclic amines) is 1. The first-order valence-corrected chi connectivity index (χ1v) is 8.32. The molecule has 120 valence electrons. The van der Waals surface area contributed by atoms with E-state index in [9.17, 15) is 0 Å². The van der Waals surface area contributed by atoms with E-state index in [-0.39, 0.29) is 6.04 Å². The van der Waals surface area contributed by atoms with Gasteiger partial charge in [0.25, 0.3) is 0 Å². The van der Waals surface area contributed by atoms with Crippen LogP contribution in [0.1, 0.15) is 51.9 Å². The van der Waals surface area contributed by atoms with E-state index in [0.29, 0.717) is 18.6 Å². The number of imidazole rings is 1. The van der Waals surface area contributed by atoms with Gasteiger partial charge in [0.15, 0.2) is 0 Å². The third-order valence-electron chi connectivity index (χ3n) is 4.78.